The molecule has 8 nitrogen and oxygen atoms in total. The molecule has 3 aliphatic rings. The Morgan fingerprint density at radius 2 is 1.71 bits per heavy atom. The molecular weight excluding hydrogens is 436 g/mol. The maximum absolute atomic E-state index is 12.9. The zero-order valence-electron chi connectivity index (χ0n) is 19.0. The van der Waals surface area contributed by atoms with E-state index < -0.39 is 29.6 Å². The third kappa shape index (κ3) is 3.72. The van der Waals surface area contributed by atoms with Crippen LogP contribution in [0.3, 0.4) is 0 Å². The maximum atomic E-state index is 12.9. The molecular formula is C26H28N2O6. The van der Waals surface area contributed by atoms with Gasteiger partial charge < -0.3 is 24.8 Å². The molecule has 0 radical (unpaired) electrons. The van der Waals surface area contributed by atoms with E-state index in [1.165, 1.54) is 4.90 Å². The van der Waals surface area contributed by atoms with Gasteiger partial charge in [0.05, 0.1) is 6.04 Å². The van der Waals surface area contributed by atoms with Crippen molar-refractivity contribution in [3.8, 4) is 11.1 Å². The first-order valence-corrected chi connectivity index (χ1v) is 11.7. The number of nitrogens with zero attached hydrogens (tertiary/aromatic N) is 1. The number of aliphatic carboxylic acids is 1. The van der Waals surface area contributed by atoms with E-state index in [1.807, 2.05) is 31.2 Å². The predicted molar refractivity (Wildman–Crippen MR) is 123 cm³/mol. The Morgan fingerprint density at radius 1 is 1.09 bits per heavy atom. The van der Waals surface area contributed by atoms with Gasteiger partial charge in [-0.15, -0.1) is 0 Å². The van der Waals surface area contributed by atoms with Crippen LogP contribution in [0.2, 0.25) is 0 Å². The summed E-state index contributed by atoms with van der Waals surface area (Å²) in [5.74, 6) is -1.22. The van der Waals surface area contributed by atoms with E-state index >= 15 is 0 Å². The molecule has 2 atom stereocenters. The van der Waals surface area contributed by atoms with E-state index in [1.54, 1.807) is 0 Å². The number of rotatable bonds is 6. The van der Waals surface area contributed by atoms with Gasteiger partial charge in [0.2, 0.25) is 0 Å². The van der Waals surface area contributed by atoms with Gasteiger partial charge in [0.1, 0.15) is 12.0 Å². The lowest BCUT2D eigenvalue weighted by atomic mass is 9.77. The number of nitrogens with one attached hydrogen (secondary N) is 1. The van der Waals surface area contributed by atoms with Crippen LogP contribution in [-0.4, -0.2) is 66.4 Å². The number of ether oxygens (including phenoxy) is 2. The van der Waals surface area contributed by atoms with E-state index in [4.69, 9.17) is 9.47 Å². The highest BCUT2D eigenvalue weighted by Crippen LogP contribution is 2.44. The molecule has 0 spiro atoms. The molecule has 1 aliphatic carbocycles. The highest BCUT2D eigenvalue weighted by Gasteiger charge is 2.52. The van der Waals surface area contributed by atoms with Gasteiger partial charge in [0.25, 0.3) is 5.91 Å². The largest absolute Gasteiger partial charge is 0.481 e. The fourth-order valence-corrected chi connectivity index (χ4v) is 5.30. The first kappa shape index (κ1) is 22.4. The second-order valence-corrected chi connectivity index (χ2v) is 9.29. The minimum atomic E-state index is -0.889. The highest BCUT2D eigenvalue weighted by molar-refractivity contribution is 5.87. The maximum Gasteiger partial charge on any atom is 0.407 e. The summed E-state index contributed by atoms with van der Waals surface area (Å²) in [7, 11) is 0. The molecule has 2 aromatic carbocycles. The molecule has 0 unspecified atom stereocenters. The second-order valence-electron chi connectivity index (χ2n) is 9.29. The third-order valence-electron chi connectivity index (χ3n) is 7.41. The molecule has 2 aromatic rings. The SMILES string of the molecule is CCC1(C(=O)O)CN(C(=O)[C@H]2OCC[C@H]2NC(=O)OCC2c3ccccc3-c3ccccc32)C1. The number of alkyl carbamates (subject to hydrolysis) is 1. The van der Waals surface area contributed by atoms with Crippen molar-refractivity contribution in [2.45, 2.75) is 37.8 Å². The molecule has 2 fully saturated rings. The van der Waals surface area contributed by atoms with Gasteiger partial charge in [-0.05, 0) is 35.1 Å². The van der Waals surface area contributed by atoms with Gasteiger partial charge in [-0.1, -0.05) is 55.5 Å². The Bertz CT molecular complexity index is 1080. The molecule has 2 N–H and O–H groups in total. The zero-order chi connectivity index (χ0) is 23.9. The standard InChI is InChI=1S/C26H28N2O6/c1-2-26(24(30)31)14-28(15-26)23(29)22-21(11-12-33-22)27-25(32)34-13-20-18-9-5-3-7-16(18)17-8-4-6-10-19(17)20/h3-10,20-22H,2,11-15H2,1H3,(H,27,32)(H,30,31)/t21-,22+/m1/s1. The lowest BCUT2D eigenvalue weighted by Crippen LogP contribution is -2.65. The van der Waals surface area contributed by atoms with Gasteiger partial charge >= 0.3 is 12.1 Å². The van der Waals surface area contributed by atoms with Gasteiger partial charge in [0, 0.05) is 25.6 Å². The predicted octanol–water partition coefficient (Wildman–Crippen LogP) is 3.01. The molecule has 2 saturated heterocycles. The van der Waals surface area contributed by atoms with E-state index in [0.717, 1.165) is 22.3 Å². The van der Waals surface area contributed by atoms with Crippen LogP contribution in [0.5, 0.6) is 0 Å². The molecule has 5 rings (SSSR count). The summed E-state index contributed by atoms with van der Waals surface area (Å²) in [5.41, 5.74) is 3.68. The van der Waals surface area contributed by atoms with Crippen LogP contribution in [0.15, 0.2) is 48.5 Å². The fourth-order valence-electron chi connectivity index (χ4n) is 5.30. The van der Waals surface area contributed by atoms with Crippen molar-refractivity contribution in [2.24, 2.45) is 5.41 Å². The van der Waals surface area contributed by atoms with Crippen LogP contribution >= 0.6 is 0 Å². The molecule has 178 valence electrons. The summed E-state index contributed by atoms with van der Waals surface area (Å²) < 4.78 is 11.2. The number of carboxylic acids is 1. The summed E-state index contributed by atoms with van der Waals surface area (Å²) in [6.07, 6.45) is -0.470. The van der Waals surface area contributed by atoms with E-state index in [9.17, 15) is 19.5 Å². The minimum Gasteiger partial charge on any atom is -0.481 e. The Morgan fingerprint density at radius 3 is 2.29 bits per heavy atom. The molecule has 34 heavy (non-hydrogen) atoms. The number of hydrogen-bond donors (Lipinski definition) is 2. The van der Waals surface area contributed by atoms with Crippen molar-refractivity contribution in [2.75, 3.05) is 26.3 Å². The average molecular weight is 465 g/mol. The zero-order valence-corrected chi connectivity index (χ0v) is 19.0. The van der Waals surface area contributed by atoms with Crippen LogP contribution in [-0.2, 0) is 19.1 Å². The van der Waals surface area contributed by atoms with Crippen LogP contribution < -0.4 is 5.32 Å². The van der Waals surface area contributed by atoms with Crippen molar-refractivity contribution in [1.82, 2.24) is 10.2 Å². The fraction of sp³-hybridized carbons (Fsp3) is 0.423. The topological polar surface area (TPSA) is 105 Å². The van der Waals surface area contributed by atoms with Gasteiger partial charge in [-0.25, -0.2) is 4.79 Å². The number of likely N-dealkylation sites (tertiary alicyclic amines) is 1. The molecule has 2 amide bonds. The number of amides is 2. The van der Waals surface area contributed by atoms with Crippen LogP contribution in [0.25, 0.3) is 11.1 Å². The first-order chi connectivity index (χ1) is 16.4. The van der Waals surface area contributed by atoms with Crippen LogP contribution in [0, 0.1) is 5.41 Å². The summed E-state index contributed by atoms with van der Waals surface area (Å²) in [4.78, 5) is 38.6. The summed E-state index contributed by atoms with van der Waals surface area (Å²) in [6, 6.07) is 15.7. The Hall–Kier alpha value is -3.39. The van der Waals surface area contributed by atoms with Crippen molar-refractivity contribution < 1.29 is 29.0 Å². The number of carbonyl (C=O) groups is 3. The van der Waals surface area contributed by atoms with Gasteiger partial charge in [-0.3, -0.25) is 9.59 Å². The molecule has 0 aromatic heterocycles. The summed E-state index contributed by atoms with van der Waals surface area (Å²) in [5, 5.41) is 12.2. The van der Waals surface area contributed by atoms with Crippen molar-refractivity contribution in [3.63, 3.8) is 0 Å². The van der Waals surface area contributed by atoms with E-state index in [2.05, 4.69) is 29.6 Å². The molecule has 0 bridgehead atoms. The van der Waals surface area contributed by atoms with E-state index in [-0.39, 0.29) is 31.5 Å². The molecule has 2 aliphatic heterocycles. The Labute approximate surface area is 197 Å². The second kappa shape index (κ2) is 8.76. The lowest BCUT2D eigenvalue weighted by Gasteiger charge is -2.47. The first-order valence-electron chi connectivity index (χ1n) is 11.7. The minimum absolute atomic E-state index is 0.0466. The van der Waals surface area contributed by atoms with Crippen LogP contribution in [0.1, 0.15) is 36.8 Å². The number of benzene rings is 2. The van der Waals surface area contributed by atoms with Crippen molar-refractivity contribution >= 4 is 18.0 Å². The number of carboxylic acid groups (broad SMARTS) is 1. The third-order valence-corrected chi connectivity index (χ3v) is 7.41. The number of carbonyl (C=O) groups excluding carboxylic acids is 2. The monoisotopic (exact) mass is 464 g/mol. The van der Waals surface area contributed by atoms with Crippen molar-refractivity contribution in [3.05, 3.63) is 59.7 Å². The highest BCUT2D eigenvalue weighted by atomic mass is 16.6. The number of hydrogen-bond acceptors (Lipinski definition) is 5. The van der Waals surface area contributed by atoms with Gasteiger partial charge in [0.15, 0.2) is 6.10 Å². The number of fused-ring (bicyclic) bond motifs is 3. The smallest absolute Gasteiger partial charge is 0.407 e. The van der Waals surface area contributed by atoms with Crippen LogP contribution in [0.4, 0.5) is 4.79 Å². The molecule has 8 heteroatoms. The lowest BCUT2D eigenvalue weighted by molar-refractivity contribution is -0.170. The summed E-state index contributed by atoms with van der Waals surface area (Å²) >= 11 is 0. The van der Waals surface area contributed by atoms with Gasteiger partial charge in [-0.2, -0.15) is 0 Å². The van der Waals surface area contributed by atoms with E-state index in [0.29, 0.717) is 19.4 Å². The summed E-state index contributed by atoms with van der Waals surface area (Å²) in [6.45, 7) is 2.67. The Kier molecular flexibility index (Phi) is 5.77. The van der Waals surface area contributed by atoms with Crippen molar-refractivity contribution in [1.29, 1.82) is 0 Å². The Balaban J connectivity index is 1.19. The quantitative estimate of drug-likeness (QED) is 0.681. The molecule has 0 saturated carbocycles. The molecule has 2 heterocycles. The average Bonchev–Trinajstić information content (AvgIpc) is 3.39. The normalized spacial score (nSPS) is 22.4.